The molecule has 0 saturated heterocycles. The van der Waals surface area contributed by atoms with E-state index in [4.69, 9.17) is 11.6 Å². The SMILES string of the molecule is Cn1c(=O)c2c(nc(Cl)n2CC(=O)Nc2c(C#N)c3c(n2-c2ccccc2)CCCC3)n(C)c1=O. The topological polar surface area (TPSA) is 120 Å². The molecule has 10 nitrogen and oxygen atoms in total. The van der Waals surface area contributed by atoms with Crippen LogP contribution in [0.15, 0.2) is 39.9 Å². The van der Waals surface area contributed by atoms with E-state index in [9.17, 15) is 19.6 Å². The van der Waals surface area contributed by atoms with Crippen LogP contribution in [-0.2, 0) is 38.3 Å². The number of carbonyl (C=O) groups is 1. The second kappa shape index (κ2) is 8.60. The maximum absolute atomic E-state index is 13.3. The van der Waals surface area contributed by atoms with E-state index in [-0.39, 0.29) is 23.0 Å². The molecule has 1 amide bonds. The fourth-order valence-corrected chi connectivity index (χ4v) is 5.00. The molecule has 0 radical (unpaired) electrons. The summed E-state index contributed by atoms with van der Waals surface area (Å²) in [6, 6.07) is 11.8. The smallest absolute Gasteiger partial charge is 0.309 e. The quantitative estimate of drug-likeness (QED) is 0.439. The third kappa shape index (κ3) is 3.56. The molecule has 0 aliphatic heterocycles. The number of hydrogen-bond donors (Lipinski definition) is 1. The Kier molecular flexibility index (Phi) is 5.57. The van der Waals surface area contributed by atoms with Crippen molar-refractivity contribution in [3.63, 3.8) is 0 Å². The standard InChI is InChI=1S/C24H22ClN7O3/c1-29-21-19(22(34)30(2)24(29)35)31(23(25)28-21)13-18(33)27-20-16(12-26)15-10-6-7-11-17(15)32(20)14-8-4-3-5-9-14/h3-5,8-9H,6-7,10-11,13H2,1-2H3,(H,27,33). The molecular formula is C24H22ClN7O3. The zero-order valence-electron chi connectivity index (χ0n) is 19.2. The number of rotatable bonds is 4. The predicted molar refractivity (Wildman–Crippen MR) is 131 cm³/mol. The van der Waals surface area contributed by atoms with Crippen LogP contribution in [0.3, 0.4) is 0 Å². The number of aromatic nitrogens is 5. The van der Waals surface area contributed by atoms with Gasteiger partial charge in [0.1, 0.15) is 18.4 Å². The third-order valence-electron chi connectivity index (χ3n) is 6.46. The van der Waals surface area contributed by atoms with Gasteiger partial charge in [0, 0.05) is 25.5 Å². The number of para-hydroxylation sites is 1. The molecule has 4 aromatic rings. The first-order valence-electron chi connectivity index (χ1n) is 11.2. The van der Waals surface area contributed by atoms with Crippen LogP contribution in [-0.4, -0.2) is 29.2 Å². The number of hydrogen-bond acceptors (Lipinski definition) is 5. The van der Waals surface area contributed by atoms with Gasteiger partial charge in [-0.05, 0) is 55.0 Å². The summed E-state index contributed by atoms with van der Waals surface area (Å²) in [6.45, 7) is -0.321. The second-order valence-corrected chi connectivity index (χ2v) is 8.87. The molecule has 1 aliphatic carbocycles. The summed E-state index contributed by atoms with van der Waals surface area (Å²) in [6.07, 6.45) is 3.55. The number of nitrogens with one attached hydrogen (secondary N) is 1. The third-order valence-corrected chi connectivity index (χ3v) is 6.75. The minimum Gasteiger partial charge on any atom is -0.309 e. The molecule has 3 heterocycles. The zero-order valence-corrected chi connectivity index (χ0v) is 20.0. The summed E-state index contributed by atoms with van der Waals surface area (Å²) in [5, 5.41) is 12.8. The number of nitriles is 1. The number of benzene rings is 1. The largest absolute Gasteiger partial charge is 0.332 e. The zero-order chi connectivity index (χ0) is 24.9. The maximum Gasteiger partial charge on any atom is 0.332 e. The van der Waals surface area contributed by atoms with Gasteiger partial charge in [0.05, 0.1) is 5.56 Å². The lowest BCUT2D eigenvalue weighted by molar-refractivity contribution is -0.116. The lowest BCUT2D eigenvalue weighted by atomic mass is 9.95. The van der Waals surface area contributed by atoms with Crippen molar-refractivity contribution in [1.82, 2.24) is 23.3 Å². The number of imidazole rings is 1. The summed E-state index contributed by atoms with van der Waals surface area (Å²) in [4.78, 5) is 42.4. The van der Waals surface area contributed by atoms with Gasteiger partial charge in [-0.2, -0.15) is 10.2 Å². The minimum absolute atomic E-state index is 0.0491. The predicted octanol–water partition coefficient (Wildman–Crippen LogP) is 2.27. The Labute approximate surface area is 204 Å². The molecule has 0 bridgehead atoms. The molecule has 0 fully saturated rings. The van der Waals surface area contributed by atoms with Crippen LogP contribution in [0.1, 0.15) is 29.7 Å². The molecular weight excluding hydrogens is 470 g/mol. The maximum atomic E-state index is 13.3. The Morgan fingerprint density at radius 2 is 1.86 bits per heavy atom. The number of amides is 1. The van der Waals surface area contributed by atoms with Crippen LogP contribution >= 0.6 is 11.6 Å². The molecule has 0 saturated carbocycles. The van der Waals surface area contributed by atoms with Crippen LogP contribution in [0.4, 0.5) is 5.82 Å². The van der Waals surface area contributed by atoms with E-state index in [0.717, 1.165) is 47.2 Å². The molecule has 0 atom stereocenters. The summed E-state index contributed by atoms with van der Waals surface area (Å²) < 4.78 is 5.35. The summed E-state index contributed by atoms with van der Waals surface area (Å²) in [5.74, 6) is -0.0814. The Balaban J connectivity index is 1.60. The number of nitrogens with zero attached hydrogens (tertiary/aromatic N) is 6. The summed E-state index contributed by atoms with van der Waals surface area (Å²) in [7, 11) is 2.83. The fraction of sp³-hybridized carbons (Fsp3) is 0.292. The molecule has 11 heteroatoms. The summed E-state index contributed by atoms with van der Waals surface area (Å²) in [5.41, 5.74) is 2.26. The monoisotopic (exact) mass is 491 g/mol. The molecule has 178 valence electrons. The average molecular weight is 492 g/mol. The van der Waals surface area contributed by atoms with E-state index >= 15 is 0 Å². The van der Waals surface area contributed by atoms with Crippen LogP contribution in [0.2, 0.25) is 5.28 Å². The van der Waals surface area contributed by atoms with Gasteiger partial charge in [-0.15, -0.1) is 0 Å². The van der Waals surface area contributed by atoms with E-state index in [1.54, 1.807) is 0 Å². The molecule has 35 heavy (non-hydrogen) atoms. The Morgan fingerprint density at radius 3 is 2.57 bits per heavy atom. The minimum atomic E-state index is -0.601. The van der Waals surface area contributed by atoms with Crippen LogP contribution < -0.4 is 16.6 Å². The fourth-order valence-electron chi connectivity index (χ4n) is 4.78. The average Bonchev–Trinajstić information content (AvgIpc) is 3.35. The molecule has 1 N–H and O–H groups in total. The highest BCUT2D eigenvalue weighted by molar-refractivity contribution is 6.29. The number of fused-ring (bicyclic) bond motifs is 2. The van der Waals surface area contributed by atoms with E-state index in [0.29, 0.717) is 11.4 Å². The van der Waals surface area contributed by atoms with Crippen molar-refractivity contribution in [2.45, 2.75) is 32.2 Å². The van der Waals surface area contributed by atoms with Crippen molar-refractivity contribution in [3.8, 4) is 11.8 Å². The molecule has 1 aliphatic rings. The van der Waals surface area contributed by atoms with Gasteiger partial charge in [0.2, 0.25) is 11.2 Å². The molecule has 1 aromatic carbocycles. The van der Waals surface area contributed by atoms with Gasteiger partial charge in [0.25, 0.3) is 5.56 Å². The first-order valence-corrected chi connectivity index (χ1v) is 11.5. The van der Waals surface area contributed by atoms with Crippen molar-refractivity contribution in [3.05, 3.63) is 73.3 Å². The first kappa shape index (κ1) is 22.7. The number of carbonyl (C=O) groups excluding carboxylic acids is 1. The van der Waals surface area contributed by atoms with E-state index < -0.39 is 17.2 Å². The highest BCUT2D eigenvalue weighted by Crippen LogP contribution is 2.35. The van der Waals surface area contributed by atoms with Crippen LogP contribution in [0.25, 0.3) is 16.9 Å². The lowest BCUT2D eigenvalue weighted by Gasteiger charge is -2.17. The van der Waals surface area contributed by atoms with Crippen LogP contribution in [0.5, 0.6) is 0 Å². The molecule has 3 aromatic heterocycles. The highest BCUT2D eigenvalue weighted by atomic mass is 35.5. The molecule has 5 rings (SSSR count). The number of halogens is 1. The normalized spacial score (nSPS) is 13.0. The van der Waals surface area contributed by atoms with Gasteiger partial charge in [-0.1, -0.05) is 18.2 Å². The van der Waals surface area contributed by atoms with Gasteiger partial charge in [-0.3, -0.25) is 27.9 Å². The highest BCUT2D eigenvalue weighted by Gasteiger charge is 2.27. The Hall–Kier alpha value is -4.10. The van der Waals surface area contributed by atoms with Crippen molar-refractivity contribution < 1.29 is 4.79 Å². The number of aryl methyl sites for hydroxylation is 1. The van der Waals surface area contributed by atoms with Crippen molar-refractivity contribution >= 4 is 34.5 Å². The molecule has 0 spiro atoms. The lowest BCUT2D eigenvalue weighted by Crippen LogP contribution is -2.37. The first-order chi connectivity index (χ1) is 16.8. The Morgan fingerprint density at radius 1 is 1.14 bits per heavy atom. The van der Waals surface area contributed by atoms with Crippen molar-refractivity contribution in [2.24, 2.45) is 14.1 Å². The van der Waals surface area contributed by atoms with Crippen molar-refractivity contribution in [1.29, 1.82) is 5.26 Å². The molecule has 0 unspecified atom stereocenters. The second-order valence-electron chi connectivity index (χ2n) is 8.53. The van der Waals surface area contributed by atoms with Crippen molar-refractivity contribution in [2.75, 3.05) is 5.32 Å². The summed E-state index contributed by atoms with van der Waals surface area (Å²) >= 11 is 6.28. The van der Waals surface area contributed by atoms with Gasteiger partial charge in [0.15, 0.2) is 11.2 Å². The van der Waals surface area contributed by atoms with Gasteiger partial charge >= 0.3 is 5.69 Å². The Bertz CT molecular complexity index is 1650. The number of anilines is 1. The van der Waals surface area contributed by atoms with E-state index in [1.807, 2.05) is 34.9 Å². The van der Waals surface area contributed by atoms with Gasteiger partial charge in [-0.25, -0.2) is 4.79 Å². The van der Waals surface area contributed by atoms with Gasteiger partial charge < -0.3 is 5.32 Å². The van der Waals surface area contributed by atoms with E-state index in [2.05, 4.69) is 16.4 Å². The van der Waals surface area contributed by atoms with Crippen LogP contribution in [0, 0.1) is 11.3 Å². The van der Waals surface area contributed by atoms with E-state index in [1.165, 1.54) is 23.2 Å².